The number of methoxy groups -OCH3 is 2. The first kappa shape index (κ1) is 20.6. The average molecular weight is 391 g/mol. The highest BCUT2D eigenvalue weighted by Gasteiger charge is 2.18. The Balaban J connectivity index is 2.03. The van der Waals surface area contributed by atoms with Gasteiger partial charge in [0.15, 0.2) is 0 Å². The minimum atomic E-state index is -0.194. The highest BCUT2D eigenvalue weighted by molar-refractivity contribution is 6.31. The molecule has 2 aromatic rings. The summed E-state index contributed by atoms with van der Waals surface area (Å²) in [5.74, 6) is 0.756. The van der Waals surface area contributed by atoms with E-state index in [-0.39, 0.29) is 24.8 Å². The zero-order chi connectivity index (χ0) is 19.8. The van der Waals surface area contributed by atoms with Gasteiger partial charge >= 0.3 is 0 Å². The number of carbonyl (C=O) groups is 2. The second kappa shape index (κ2) is 9.83. The van der Waals surface area contributed by atoms with Crippen LogP contribution in [0, 0.1) is 0 Å². The van der Waals surface area contributed by atoms with Crippen LogP contribution in [0.3, 0.4) is 0 Å². The molecule has 6 nitrogen and oxygen atoms in total. The molecular weight excluding hydrogens is 368 g/mol. The van der Waals surface area contributed by atoms with Gasteiger partial charge in [-0.1, -0.05) is 29.8 Å². The number of carbonyl (C=O) groups excluding carboxylic acids is 2. The van der Waals surface area contributed by atoms with E-state index < -0.39 is 0 Å². The fourth-order valence-corrected chi connectivity index (χ4v) is 2.80. The molecule has 0 atom stereocenters. The van der Waals surface area contributed by atoms with Crippen LogP contribution in [0.15, 0.2) is 42.5 Å². The molecule has 0 bridgehead atoms. The Morgan fingerprint density at radius 1 is 1.11 bits per heavy atom. The third kappa shape index (κ3) is 5.62. The van der Waals surface area contributed by atoms with E-state index in [0.29, 0.717) is 28.8 Å². The molecule has 1 N–H and O–H groups in total. The SMILES string of the molecule is COc1ccc(OC)c(N(CCC(=O)NCc2ccccc2Cl)C(C)=O)c1. The maximum atomic E-state index is 12.2. The van der Waals surface area contributed by atoms with Crippen molar-refractivity contribution in [3.05, 3.63) is 53.1 Å². The lowest BCUT2D eigenvalue weighted by molar-refractivity contribution is -0.121. The number of nitrogens with one attached hydrogen (secondary N) is 1. The first-order chi connectivity index (χ1) is 13.0. The van der Waals surface area contributed by atoms with Crippen molar-refractivity contribution in [2.45, 2.75) is 19.9 Å². The van der Waals surface area contributed by atoms with E-state index in [1.165, 1.54) is 18.9 Å². The summed E-state index contributed by atoms with van der Waals surface area (Å²) >= 11 is 6.09. The molecule has 0 fully saturated rings. The lowest BCUT2D eigenvalue weighted by Gasteiger charge is -2.23. The molecule has 0 heterocycles. The molecule has 7 heteroatoms. The van der Waals surface area contributed by atoms with Crippen LogP contribution in [0.2, 0.25) is 5.02 Å². The van der Waals surface area contributed by atoms with Crippen molar-refractivity contribution in [2.24, 2.45) is 0 Å². The fraction of sp³-hybridized carbons (Fsp3) is 0.300. The normalized spacial score (nSPS) is 10.2. The van der Waals surface area contributed by atoms with E-state index in [9.17, 15) is 9.59 Å². The van der Waals surface area contributed by atoms with Gasteiger partial charge in [-0.2, -0.15) is 0 Å². The quantitative estimate of drug-likeness (QED) is 0.750. The van der Waals surface area contributed by atoms with Crippen molar-refractivity contribution >= 4 is 29.1 Å². The summed E-state index contributed by atoms with van der Waals surface area (Å²) in [6.45, 7) is 1.99. The number of halogens is 1. The van der Waals surface area contributed by atoms with Gasteiger partial charge in [0.2, 0.25) is 11.8 Å². The lowest BCUT2D eigenvalue weighted by Crippen LogP contribution is -2.34. The monoisotopic (exact) mass is 390 g/mol. The van der Waals surface area contributed by atoms with Crippen LogP contribution in [-0.4, -0.2) is 32.6 Å². The molecule has 27 heavy (non-hydrogen) atoms. The fourth-order valence-electron chi connectivity index (χ4n) is 2.59. The average Bonchev–Trinajstić information content (AvgIpc) is 2.67. The van der Waals surface area contributed by atoms with Gasteiger partial charge in [0.05, 0.1) is 19.9 Å². The molecule has 0 spiro atoms. The molecule has 2 amide bonds. The second-order valence-electron chi connectivity index (χ2n) is 5.83. The summed E-state index contributed by atoms with van der Waals surface area (Å²) in [5, 5.41) is 3.42. The topological polar surface area (TPSA) is 67.9 Å². The van der Waals surface area contributed by atoms with Crippen LogP contribution in [0.5, 0.6) is 11.5 Å². The number of anilines is 1. The summed E-state index contributed by atoms with van der Waals surface area (Å²) in [5.41, 5.74) is 1.40. The van der Waals surface area contributed by atoms with E-state index in [1.54, 1.807) is 31.4 Å². The van der Waals surface area contributed by atoms with E-state index in [0.717, 1.165) is 5.56 Å². The Bertz CT molecular complexity index is 810. The predicted octanol–water partition coefficient (Wildman–Crippen LogP) is 3.42. The van der Waals surface area contributed by atoms with Gasteiger partial charge in [-0.3, -0.25) is 9.59 Å². The molecule has 0 unspecified atom stereocenters. The second-order valence-corrected chi connectivity index (χ2v) is 6.23. The summed E-state index contributed by atoms with van der Waals surface area (Å²) in [6, 6.07) is 12.5. The van der Waals surface area contributed by atoms with Crippen LogP contribution in [0.1, 0.15) is 18.9 Å². The maximum Gasteiger partial charge on any atom is 0.223 e. The van der Waals surface area contributed by atoms with Gasteiger partial charge in [-0.15, -0.1) is 0 Å². The molecule has 0 saturated heterocycles. The van der Waals surface area contributed by atoms with E-state index in [4.69, 9.17) is 21.1 Å². The van der Waals surface area contributed by atoms with E-state index >= 15 is 0 Å². The standard InChI is InChI=1S/C20H23ClN2O4/c1-14(24)23(18-12-16(26-2)8-9-19(18)27-3)11-10-20(25)22-13-15-6-4-5-7-17(15)21/h4-9,12H,10-11,13H2,1-3H3,(H,22,25). The Labute approximate surface area is 164 Å². The molecule has 0 aliphatic carbocycles. The number of hydrogen-bond donors (Lipinski definition) is 1. The Kier molecular flexibility index (Phi) is 7.49. The van der Waals surface area contributed by atoms with Crippen molar-refractivity contribution in [1.29, 1.82) is 0 Å². The molecule has 0 saturated carbocycles. The summed E-state index contributed by atoms with van der Waals surface area (Å²) in [7, 11) is 3.08. The molecule has 0 aliphatic heterocycles. The third-order valence-electron chi connectivity index (χ3n) is 4.05. The van der Waals surface area contributed by atoms with Crippen molar-refractivity contribution in [3.8, 4) is 11.5 Å². The molecule has 144 valence electrons. The number of ether oxygens (including phenoxy) is 2. The summed E-state index contributed by atoms with van der Waals surface area (Å²) in [6.07, 6.45) is 0.143. The van der Waals surface area contributed by atoms with Gasteiger partial charge < -0.3 is 19.7 Å². The first-order valence-corrected chi connectivity index (χ1v) is 8.84. The Morgan fingerprint density at radius 2 is 1.85 bits per heavy atom. The number of amides is 2. The predicted molar refractivity (Wildman–Crippen MR) is 105 cm³/mol. The highest BCUT2D eigenvalue weighted by Crippen LogP contribution is 2.32. The van der Waals surface area contributed by atoms with Crippen LogP contribution >= 0.6 is 11.6 Å². The largest absolute Gasteiger partial charge is 0.497 e. The molecule has 0 aliphatic rings. The van der Waals surface area contributed by atoms with Crippen LogP contribution in [0.25, 0.3) is 0 Å². The van der Waals surface area contributed by atoms with Crippen molar-refractivity contribution in [1.82, 2.24) is 5.32 Å². The van der Waals surface area contributed by atoms with Gasteiger partial charge in [0.1, 0.15) is 11.5 Å². The third-order valence-corrected chi connectivity index (χ3v) is 4.42. The van der Waals surface area contributed by atoms with Crippen molar-refractivity contribution in [2.75, 3.05) is 25.7 Å². The van der Waals surface area contributed by atoms with Gasteiger partial charge in [-0.25, -0.2) is 0 Å². The lowest BCUT2D eigenvalue weighted by atomic mass is 10.2. The molecular formula is C20H23ClN2O4. The van der Waals surface area contributed by atoms with Crippen molar-refractivity contribution in [3.63, 3.8) is 0 Å². The molecule has 0 radical (unpaired) electrons. The highest BCUT2D eigenvalue weighted by atomic mass is 35.5. The minimum absolute atomic E-state index is 0.143. The summed E-state index contributed by atoms with van der Waals surface area (Å²) in [4.78, 5) is 25.8. The van der Waals surface area contributed by atoms with Crippen LogP contribution in [-0.2, 0) is 16.1 Å². The Morgan fingerprint density at radius 3 is 2.48 bits per heavy atom. The van der Waals surface area contributed by atoms with E-state index in [1.807, 2.05) is 18.2 Å². The molecule has 2 rings (SSSR count). The molecule has 2 aromatic carbocycles. The number of rotatable bonds is 8. The Hall–Kier alpha value is -2.73. The zero-order valence-corrected chi connectivity index (χ0v) is 16.4. The number of benzene rings is 2. The zero-order valence-electron chi connectivity index (χ0n) is 15.6. The van der Waals surface area contributed by atoms with Crippen LogP contribution in [0.4, 0.5) is 5.69 Å². The minimum Gasteiger partial charge on any atom is -0.497 e. The van der Waals surface area contributed by atoms with Crippen LogP contribution < -0.4 is 19.7 Å². The van der Waals surface area contributed by atoms with Gasteiger partial charge in [0.25, 0.3) is 0 Å². The number of hydrogen-bond acceptors (Lipinski definition) is 4. The van der Waals surface area contributed by atoms with Gasteiger partial charge in [-0.05, 0) is 23.8 Å². The van der Waals surface area contributed by atoms with Gasteiger partial charge in [0, 0.05) is 37.5 Å². The molecule has 0 aromatic heterocycles. The van der Waals surface area contributed by atoms with E-state index in [2.05, 4.69) is 5.32 Å². The van der Waals surface area contributed by atoms with Crippen molar-refractivity contribution < 1.29 is 19.1 Å². The maximum absolute atomic E-state index is 12.2. The number of nitrogens with zero attached hydrogens (tertiary/aromatic N) is 1. The smallest absolute Gasteiger partial charge is 0.223 e. The first-order valence-electron chi connectivity index (χ1n) is 8.46. The summed E-state index contributed by atoms with van der Waals surface area (Å²) < 4.78 is 10.6.